The lowest BCUT2D eigenvalue weighted by Crippen LogP contribution is -2.44. The second kappa shape index (κ2) is 12.7. The zero-order chi connectivity index (χ0) is 28.0. The molecule has 37 heavy (non-hydrogen) atoms. The molecule has 1 fully saturated rings. The van der Waals surface area contributed by atoms with E-state index in [0.29, 0.717) is 19.0 Å². The van der Waals surface area contributed by atoms with Gasteiger partial charge in [-0.3, -0.25) is 19.1 Å². The van der Waals surface area contributed by atoms with Gasteiger partial charge < -0.3 is 19.2 Å². The standard InChI is InChI=1S/C23H34F3N3O6SSi/c1-22(2,3)37(5,6)34-13-17-16(33-14-36-4)11-18(35-17)29-12-15(19(30)28-21(29)32)9-7-8-10-27-20(31)23(24,25)26/h12,16-18H,8,10-11,13-14H2,1-6H3,(H,27,31)(H,28,30,32)/t16?,17-,18-/m1/s1. The van der Waals surface area contributed by atoms with Crippen LogP contribution in [0.1, 0.15) is 45.4 Å². The molecule has 1 saturated heterocycles. The third kappa shape index (κ3) is 8.74. The summed E-state index contributed by atoms with van der Waals surface area (Å²) in [7, 11) is -2.07. The van der Waals surface area contributed by atoms with E-state index in [4.69, 9.17) is 13.9 Å². The van der Waals surface area contributed by atoms with Crippen molar-refractivity contribution >= 4 is 26.0 Å². The van der Waals surface area contributed by atoms with Gasteiger partial charge in [0.25, 0.3) is 5.56 Å². The summed E-state index contributed by atoms with van der Waals surface area (Å²) in [6, 6.07) is 0. The van der Waals surface area contributed by atoms with Crippen molar-refractivity contribution in [2.75, 3.05) is 25.3 Å². The molecule has 0 radical (unpaired) electrons. The molecule has 0 saturated carbocycles. The number of aromatic nitrogens is 2. The quantitative estimate of drug-likeness (QED) is 0.205. The molecule has 2 N–H and O–H groups in total. The number of halogens is 3. The molecular weight excluding hydrogens is 531 g/mol. The fraction of sp³-hybridized carbons (Fsp3) is 0.696. The number of amides is 1. The predicted molar refractivity (Wildman–Crippen MR) is 137 cm³/mol. The summed E-state index contributed by atoms with van der Waals surface area (Å²) in [5.74, 6) is 3.44. The van der Waals surface area contributed by atoms with E-state index in [2.05, 4.69) is 50.7 Å². The van der Waals surface area contributed by atoms with Crippen LogP contribution in [0.5, 0.6) is 0 Å². The lowest BCUT2D eigenvalue weighted by molar-refractivity contribution is -0.173. The van der Waals surface area contributed by atoms with Gasteiger partial charge in [0.15, 0.2) is 8.32 Å². The highest BCUT2D eigenvalue weighted by atomic mass is 32.2. The van der Waals surface area contributed by atoms with Crippen molar-refractivity contribution in [2.45, 2.75) is 76.4 Å². The number of ether oxygens (including phenoxy) is 2. The molecule has 0 spiro atoms. The summed E-state index contributed by atoms with van der Waals surface area (Å²) in [4.78, 5) is 37.8. The molecule has 1 aliphatic heterocycles. The van der Waals surface area contributed by atoms with Crippen molar-refractivity contribution in [3.05, 3.63) is 32.6 Å². The highest BCUT2D eigenvalue weighted by Gasteiger charge is 2.42. The highest BCUT2D eigenvalue weighted by molar-refractivity contribution is 7.98. The summed E-state index contributed by atoms with van der Waals surface area (Å²) in [6.07, 6.45) is -3.12. The van der Waals surface area contributed by atoms with Crippen LogP contribution in [0.3, 0.4) is 0 Å². The number of alkyl halides is 3. The summed E-state index contributed by atoms with van der Waals surface area (Å²) in [6.45, 7) is 10.6. The van der Waals surface area contributed by atoms with E-state index < -0.39 is 44.0 Å². The van der Waals surface area contributed by atoms with Crippen LogP contribution in [-0.2, 0) is 18.7 Å². The molecular formula is C23H34F3N3O6SSi. The monoisotopic (exact) mass is 565 g/mol. The molecule has 208 valence electrons. The fourth-order valence-corrected chi connectivity index (χ4v) is 4.47. The summed E-state index contributed by atoms with van der Waals surface area (Å²) >= 11 is 1.51. The first kappa shape index (κ1) is 31.2. The number of rotatable bonds is 9. The molecule has 3 atom stereocenters. The van der Waals surface area contributed by atoms with Crippen molar-refractivity contribution in [2.24, 2.45) is 0 Å². The number of nitrogens with zero attached hydrogens (tertiary/aromatic N) is 1. The average Bonchev–Trinajstić information content (AvgIpc) is 3.18. The second-order valence-electron chi connectivity index (χ2n) is 10.1. The number of hydrogen-bond donors (Lipinski definition) is 2. The molecule has 9 nitrogen and oxygen atoms in total. The summed E-state index contributed by atoms with van der Waals surface area (Å²) in [5, 5.41) is 1.69. The van der Waals surface area contributed by atoms with E-state index in [0.717, 1.165) is 0 Å². The fourth-order valence-electron chi connectivity index (χ4n) is 3.14. The van der Waals surface area contributed by atoms with E-state index in [9.17, 15) is 27.6 Å². The van der Waals surface area contributed by atoms with Gasteiger partial charge in [-0.1, -0.05) is 32.6 Å². The molecule has 1 aliphatic rings. The minimum Gasteiger partial charge on any atom is -0.414 e. The van der Waals surface area contributed by atoms with Crippen LogP contribution >= 0.6 is 11.8 Å². The van der Waals surface area contributed by atoms with E-state index in [-0.39, 0.29) is 29.7 Å². The topological polar surface area (TPSA) is 112 Å². The molecule has 2 rings (SSSR count). The molecule has 0 aliphatic carbocycles. The molecule has 0 aromatic carbocycles. The van der Waals surface area contributed by atoms with E-state index in [1.165, 1.54) is 22.5 Å². The van der Waals surface area contributed by atoms with Gasteiger partial charge in [0, 0.05) is 25.6 Å². The van der Waals surface area contributed by atoms with Gasteiger partial charge in [-0.25, -0.2) is 4.79 Å². The largest absolute Gasteiger partial charge is 0.471 e. The van der Waals surface area contributed by atoms with Crippen molar-refractivity contribution in [1.29, 1.82) is 0 Å². The Labute approximate surface area is 219 Å². The maximum Gasteiger partial charge on any atom is 0.471 e. The Morgan fingerprint density at radius 1 is 1.32 bits per heavy atom. The number of carbonyl (C=O) groups is 1. The van der Waals surface area contributed by atoms with Gasteiger partial charge in [0.2, 0.25) is 0 Å². The third-order valence-electron chi connectivity index (χ3n) is 6.29. The minimum absolute atomic E-state index is 0.000388. The Morgan fingerprint density at radius 3 is 2.59 bits per heavy atom. The first-order valence-electron chi connectivity index (χ1n) is 11.7. The van der Waals surface area contributed by atoms with E-state index in [1.54, 1.807) is 5.32 Å². The summed E-state index contributed by atoms with van der Waals surface area (Å²) in [5.41, 5.74) is -1.49. The smallest absolute Gasteiger partial charge is 0.414 e. The molecule has 1 aromatic rings. The first-order valence-corrected chi connectivity index (χ1v) is 16.0. The second-order valence-corrected chi connectivity index (χ2v) is 15.7. The first-order chi connectivity index (χ1) is 17.1. The van der Waals surface area contributed by atoms with E-state index in [1.807, 2.05) is 6.26 Å². The van der Waals surface area contributed by atoms with Gasteiger partial charge in [0.05, 0.1) is 18.6 Å². The van der Waals surface area contributed by atoms with Crippen LogP contribution in [0.25, 0.3) is 0 Å². The average molecular weight is 566 g/mol. The third-order valence-corrected chi connectivity index (χ3v) is 11.2. The number of H-pyrrole nitrogens is 1. The van der Waals surface area contributed by atoms with Crippen LogP contribution in [0, 0.1) is 11.8 Å². The van der Waals surface area contributed by atoms with Crippen LogP contribution < -0.4 is 16.6 Å². The van der Waals surface area contributed by atoms with Gasteiger partial charge in [0.1, 0.15) is 17.9 Å². The lowest BCUT2D eigenvalue weighted by atomic mass is 10.2. The van der Waals surface area contributed by atoms with Crippen LogP contribution in [0.2, 0.25) is 18.1 Å². The van der Waals surface area contributed by atoms with Crippen LogP contribution in [0.15, 0.2) is 15.8 Å². The number of carbonyl (C=O) groups excluding carboxylic acids is 1. The van der Waals surface area contributed by atoms with Gasteiger partial charge in [-0.2, -0.15) is 13.2 Å². The molecule has 2 heterocycles. The minimum atomic E-state index is -4.98. The molecule has 1 unspecified atom stereocenters. The van der Waals surface area contributed by atoms with Crippen molar-refractivity contribution in [3.63, 3.8) is 0 Å². The summed E-state index contributed by atoms with van der Waals surface area (Å²) < 4.78 is 56.3. The van der Waals surface area contributed by atoms with Crippen molar-refractivity contribution in [3.8, 4) is 11.8 Å². The SMILES string of the molecule is CSCOC1C[C@H](n2cc(C#CCCNC(=O)C(F)(F)F)c(=O)[nH]c2=O)O[C@@H]1CO[Si](C)(C)C(C)(C)C. The van der Waals surface area contributed by atoms with E-state index >= 15 is 0 Å². The molecule has 1 aromatic heterocycles. The number of nitrogens with one attached hydrogen (secondary N) is 2. The lowest BCUT2D eigenvalue weighted by Gasteiger charge is -2.37. The van der Waals surface area contributed by atoms with Crippen LogP contribution in [0.4, 0.5) is 13.2 Å². The van der Waals surface area contributed by atoms with Gasteiger partial charge in [-0.05, 0) is 24.4 Å². The van der Waals surface area contributed by atoms with Gasteiger partial charge in [-0.15, -0.1) is 11.8 Å². The Morgan fingerprint density at radius 2 is 2.00 bits per heavy atom. The van der Waals surface area contributed by atoms with Gasteiger partial charge >= 0.3 is 17.8 Å². The molecule has 14 heteroatoms. The highest BCUT2D eigenvalue weighted by Crippen LogP contribution is 2.38. The molecule has 1 amide bonds. The zero-order valence-electron chi connectivity index (χ0n) is 21.8. The zero-order valence-corrected chi connectivity index (χ0v) is 23.6. The Kier molecular flexibility index (Phi) is 10.7. The maximum absolute atomic E-state index is 12.6. The number of thioether (sulfide) groups is 1. The number of hydrogen-bond acceptors (Lipinski definition) is 7. The Hall–Kier alpha value is -2.05. The van der Waals surface area contributed by atoms with Crippen LogP contribution in [-0.4, -0.2) is 67.5 Å². The van der Waals surface area contributed by atoms with Crippen molar-refractivity contribution in [1.82, 2.24) is 14.9 Å². The van der Waals surface area contributed by atoms with Crippen molar-refractivity contribution < 1.29 is 31.9 Å². The maximum atomic E-state index is 12.6. The number of aromatic amines is 1. The predicted octanol–water partition coefficient (Wildman–Crippen LogP) is 2.97. The Bertz CT molecular complexity index is 1120. The normalized spacial score (nSPS) is 20.4. The Balaban J connectivity index is 2.16. The molecule has 0 bridgehead atoms.